The van der Waals surface area contributed by atoms with Crippen molar-refractivity contribution in [1.29, 1.82) is 0 Å². The van der Waals surface area contributed by atoms with Crippen LogP contribution in [0.3, 0.4) is 0 Å². The van der Waals surface area contributed by atoms with Gasteiger partial charge in [-0.05, 0) is 35.1 Å². The van der Waals surface area contributed by atoms with Gasteiger partial charge in [0.25, 0.3) is 0 Å². The summed E-state index contributed by atoms with van der Waals surface area (Å²) in [5.74, 6) is -1.41. The van der Waals surface area contributed by atoms with Gasteiger partial charge in [0, 0.05) is 11.4 Å². The molecule has 0 bridgehead atoms. The summed E-state index contributed by atoms with van der Waals surface area (Å²) in [6.45, 7) is 4.04. The maximum absolute atomic E-state index is 13.4. The third-order valence-electron chi connectivity index (χ3n) is 8.41. The molecule has 0 aliphatic rings. The van der Waals surface area contributed by atoms with Crippen LogP contribution in [0, 0.1) is 0 Å². The van der Waals surface area contributed by atoms with Crippen LogP contribution in [0.2, 0.25) is 0 Å². The van der Waals surface area contributed by atoms with Gasteiger partial charge in [0.15, 0.2) is 5.13 Å². The summed E-state index contributed by atoms with van der Waals surface area (Å²) in [5.41, 5.74) is 3.71. The number of hydrogen-bond donors (Lipinski definition) is 3. The van der Waals surface area contributed by atoms with Gasteiger partial charge in [0.1, 0.15) is 18.2 Å². The molecule has 0 aliphatic carbocycles. The van der Waals surface area contributed by atoms with Crippen LogP contribution >= 0.6 is 11.3 Å². The molecule has 49 heavy (non-hydrogen) atoms. The fraction of sp³-hybridized carbons (Fsp3) is 0.250. The minimum Gasteiger partial charge on any atom is -0.461 e. The van der Waals surface area contributed by atoms with Crippen LogP contribution in [-0.4, -0.2) is 34.9 Å². The average Bonchev–Trinajstić information content (AvgIpc) is 3.59. The van der Waals surface area contributed by atoms with Gasteiger partial charge in [0.05, 0.1) is 18.5 Å². The first kappa shape index (κ1) is 35.0. The second-order valence-electron chi connectivity index (χ2n) is 11.8. The number of carbonyl (C=O) groups is 3. The molecule has 1 atom stereocenters. The van der Waals surface area contributed by atoms with Gasteiger partial charge >= 0.3 is 5.97 Å². The highest BCUT2D eigenvalue weighted by Gasteiger charge is 2.37. The molecule has 1 heterocycles. The fourth-order valence-electron chi connectivity index (χ4n) is 5.76. The van der Waals surface area contributed by atoms with Crippen molar-refractivity contribution in [2.24, 2.45) is 0 Å². The van der Waals surface area contributed by atoms with Gasteiger partial charge in [0.2, 0.25) is 11.8 Å². The van der Waals surface area contributed by atoms with Gasteiger partial charge in [-0.25, -0.2) is 4.98 Å². The van der Waals surface area contributed by atoms with E-state index in [0.717, 1.165) is 35.1 Å². The highest BCUT2D eigenvalue weighted by atomic mass is 32.1. The zero-order chi connectivity index (χ0) is 34.5. The minimum atomic E-state index is -1.09. The number of esters is 1. The Morgan fingerprint density at radius 2 is 1.24 bits per heavy atom. The lowest BCUT2D eigenvalue weighted by molar-refractivity contribution is -0.147. The number of rotatable bonds is 16. The molecule has 0 radical (unpaired) electrons. The number of ether oxygens (including phenoxy) is 1. The number of nitrogens with one attached hydrogen (secondary N) is 3. The zero-order valence-corrected chi connectivity index (χ0v) is 28.6. The summed E-state index contributed by atoms with van der Waals surface area (Å²) in [5, 5.41) is 11.9. The Morgan fingerprint density at radius 1 is 0.735 bits per heavy atom. The second kappa shape index (κ2) is 17.2. The number of benzene rings is 4. The summed E-state index contributed by atoms with van der Waals surface area (Å²) in [4.78, 5) is 44.3. The van der Waals surface area contributed by atoms with Crippen LogP contribution in [0.5, 0.6) is 0 Å². The van der Waals surface area contributed by atoms with E-state index in [4.69, 9.17) is 9.72 Å². The van der Waals surface area contributed by atoms with Crippen LogP contribution in [0.15, 0.2) is 127 Å². The first-order chi connectivity index (χ1) is 23.9. The van der Waals surface area contributed by atoms with E-state index in [9.17, 15) is 14.4 Å². The monoisotopic (exact) mass is 674 g/mol. The topological polar surface area (TPSA) is 109 Å². The van der Waals surface area contributed by atoms with Crippen molar-refractivity contribution in [2.45, 2.75) is 63.8 Å². The molecule has 0 aliphatic heterocycles. The fourth-order valence-corrected chi connectivity index (χ4v) is 6.53. The Balaban J connectivity index is 1.34. The predicted molar refractivity (Wildman–Crippen MR) is 194 cm³/mol. The molecule has 2 amide bonds. The molecule has 3 N–H and O–H groups in total. The van der Waals surface area contributed by atoms with E-state index in [0.29, 0.717) is 10.8 Å². The number of thiazole rings is 1. The molecule has 1 aromatic heterocycles. The highest BCUT2D eigenvalue weighted by Crippen LogP contribution is 2.40. The summed E-state index contributed by atoms with van der Waals surface area (Å²) < 4.78 is 5.44. The molecule has 5 rings (SSSR count). The maximum Gasteiger partial charge on any atom is 0.308 e. The molecule has 4 aromatic carbocycles. The Kier molecular flexibility index (Phi) is 12.3. The number of hydrogen-bond acceptors (Lipinski definition) is 7. The predicted octanol–water partition coefficient (Wildman–Crippen LogP) is 7.01. The molecular formula is C40H42N4O4S. The number of carbonyl (C=O) groups excluding carboxylic acids is 3. The normalized spacial score (nSPS) is 11.8. The van der Waals surface area contributed by atoms with E-state index in [2.05, 4.69) is 52.3 Å². The first-order valence-corrected chi connectivity index (χ1v) is 17.5. The van der Waals surface area contributed by atoms with Crippen molar-refractivity contribution in [3.05, 3.63) is 155 Å². The molecular weight excluding hydrogens is 633 g/mol. The lowest BCUT2D eigenvalue weighted by Gasteiger charge is -2.36. The smallest absolute Gasteiger partial charge is 0.308 e. The number of amides is 2. The molecule has 0 spiro atoms. The number of aromatic nitrogens is 1. The van der Waals surface area contributed by atoms with Gasteiger partial charge in [-0.2, -0.15) is 0 Å². The summed E-state index contributed by atoms with van der Waals surface area (Å²) in [7, 11) is 0. The first-order valence-electron chi connectivity index (χ1n) is 16.6. The standard InChI is InChI=1S/C40H42N4O4S/c1-3-33(4-2)41-38(47)35(26-37(46)48-27-29-17-9-5-10-18-29)43-36(45)25-34-28-49-39(42-34)44-40(30-19-11-6-12-20-30,31-21-13-7-14-22-31)32-23-15-8-16-24-32/h5-24,28,33,35H,3-4,25-27H2,1-2H3,(H,41,47)(H,42,44)(H,43,45)/t35-/m0/s1. The molecule has 8 nitrogen and oxygen atoms in total. The van der Waals surface area contributed by atoms with Crippen molar-refractivity contribution in [2.75, 3.05) is 5.32 Å². The Hall–Kier alpha value is -5.28. The van der Waals surface area contributed by atoms with Crippen molar-refractivity contribution < 1.29 is 19.1 Å². The number of nitrogens with zero attached hydrogens (tertiary/aromatic N) is 1. The van der Waals surface area contributed by atoms with E-state index in [1.165, 1.54) is 11.3 Å². The lowest BCUT2D eigenvalue weighted by atomic mass is 9.77. The Morgan fingerprint density at radius 3 is 1.76 bits per heavy atom. The molecule has 9 heteroatoms. The Labute approximate surface area is 292 Å². The minimum absolute atomic E-state index is 0.0684. The van der Waals surface area contributed by atoms with Crippen LogP contribution in [0.4, 0.5) is 5.13 Å². The molecule has 0 unspecified atom stereocenters. The highest BCUT2D eigenvalue weighted by molar-refractivity contribution is 7.13. The van der Waals surface area contributed by atoms with Crippen LogP contribution < -0.4 is 16.0 Å². The van der Waals surface area contributed by atoms with Crippen LogP contribution in [-0.2, 0) is 37.7 Å². The van der Waals surface area contributed by atoms with E-state index in [-0.39, 0.29) is 25.5 Å². The van der Waals surface area contributed by atoms with Crippen molar-refractivity contribution >= 4 is 34.3 Å². The second-order valence-corrected chi connectivity index (χ2v) is 12.6. The van der Waals surface area contributed by atoms with Crippen molar-refractivity contribution in [3.8, 4) is 0 Å². The zero-order valence-electron chi connectivity index (χ0n) is 27.8. The van der Waals surface area contributed by atoms with E-state index < -0.39 is 29.4 Å². The van der Waals surface area contributed by atoms with E-state index in [1.807, 2.05) is 104 Å². The van der Waals surface area contributed by atoms with Gasteiger partial charge in [-0.15, -0.1) is 11.3 Å². The molecule has 0 fully saturated rings. The van der Waals surface area contributed by atoms with Crippen LogP contribution in [0.25, 0.3) is 0 Å². The van der Waals surface area contributed by atoms with E-state index in [1.54, 1.807) is 0 Å². The third-order valence-corrected chi connectivity index (χ3v) is 9.21. The van der Waals surface area contributed by atoms with E-state index >= 15 is 0 Å². The molecule has 5 aromatic rings. The molecule has 0 saturated carbocycles. The van der Waals surface area contributed by atoms with Crippen molar-refractivity contribution in [1.82, 2.24) is 15.6 Å². The summed E-state index contributed by atoms with van der Waals surface area (Å²) in [6, 6.07) is 38.8. The lowest BCUT2D eigenvalue weighted by Crippen LogP contribution is -2.50. The van der Waals surface area contributed by atoms with Gasteiger partial charge in [-0.3, -0.25) is 14.4 Å². The maximum atomic E-state index is 13.4. The Bertz CT molecular complexity index is 1680. The van der Waals surface area contributed by atoms with Gasteiger partial charge < -0.3 is 20.7 Å². The quantitative estimate of drug-likeness (QED) is 0.0768. The third kappa shape index (κ3) is 9.21. The number of anilines is 1. The van der Waals surface area contributed by atoms with Crippen molar-refractivity contribution in [3.63, 3.8) is 0 Å². The molecule has 252 valence electrons. The summed E-state index contributed by atoms with van der Waals surface area (Å²) in [6.07, 6.45) is 1.10. The summed E-state index contributed by atoms with van der Waals surface area (Å²) >= 11 is 1.40. The average molecular weight is 675 g/mol. The van der Waals surface area contributed by atoms with Gasteiger partial charge in [-0.1, -0.05) is 135 Å². The van der Waals surface area contributed by atoms with Crippen LogP contribution in [0.1, 0.15) is 61.1 Å². The SMILES string of the molecule is CCC(CC)NC(=O)[C@H](CC(=O)OCc1ccccc1)NC(=O)Cc1csc(NC(c2ccccc2)(c2ccccc2)c2ccccc2)n1. The molecule has 0 saturated heterocycles. The largest absolute Gasteiger partial charge is 0.461 e.